The van der Waals surface area contributed by atoms with Gasteiger partial charge in [0.15, 0.2) is 0 Å². The molecule has 3 rings (SSSR count). The zero-order valence-corrected chi connectivity index (χ0v) is 39.2. The van der Waals surface area contributed by atoms with E-state index < -0.39 is 0 Å². The third kappa shape index (κ3) is 21.9. The molecule has 1 aromatic heterocycles. The van der Waals surface area contributed by atoms with Crippen molar-refractivity contribution in [3.63, 3.8) is 0 Å². The maximum atomic E-state index is 12.4. The van der Waals surface area contributed by atoms with Gasteiger partial charge in [0.2, 0.25) is 0 Å². The molecule has 0 atom stereocenters. The Balaban J connectivity index is 1.27. The molecule has 0 amide bonds. The number of hydrogen-bond acceptors (Lipinski definition) is 8. The number of unbranched alkanes of at least 4 members (excludes halogenated alkanes) is 30. The molecule has 2 N–H and O–H groups in total. The van der Waals surface area contributed by atoms with Crippen molar-refractivity contribution in [1.82, 2.24) is 10.2 Å². The fraction of sp³-hybridized carbons (Fsp3) is 0.818. The van der Waals surface area contributed by atoms with Gasteiger partial charge in [-0.25, -0.2) is 0 Å². The molecule has 54 heavy (non-hydrogen) atoms. The summed E-state index contributed by atoms with van der Waals surface area (Å²) >= 11 is 10.8. The molecule has 310 valence electrons. The van der Waals surface area contributed by atoms with E-state index >= 15 is 0 Å². The smallest absolute Gasteiger partial charge is 0.267 e. The monoisotopic (exact) mass is 856 g/mol. The van der Waals surface area contributed by atoms with E-state index in [4.69, 9.17) is 0 Å². The number of nitrogens with one attached hydrogen (secondary N) is 2. The molecule has 0 spiro atoms. The molecule has 10 heteroatoms. The minimum atomic E-state index is -0.199. The molecule has 0 unspecified atom stereocenters. The Hall–Kier alpha value is 0.260. The number of rotatable bonds is 36. The maximum absolute atomic E-state index is 12.4. The van der Waals surface area contributed by atoms with E-state index in [-0.39, 0.29) is 11.1 Å². The van der Waals surface area contributed by atoms with Crippen LogP contribution in [0.1, 0.15) is 219 Å². The minimum Gasteiger partial charge on any atom is -0.267 e. The van der Waals surface area contributed by atoms with Crippen molar-refractivity contribution < 1.29 is 0 Å². The van der Waals surface area contributed by atoms with Crippen LogP contribution in [-0.4, -0.2) is 21.7 Å². The lowest BCUT2D eigenvalue weighted by molar-refractivity contribution is 0.532. The normalized spacial score (nSPS) is 14.3. The highest BCUT2D eigenvalue weighted by atomic mass is 32.3. The highest BCUT2D eigenvalue weighted by Gasteiger charge is 2.31. The van der Waals surface area contributed by atoms with Crippen LogP contribution in [0, 0.1) is 0 Å². The topological polar surface area (TPSA) is 65.7 Å². The molecule has 4 nitrogen and oxygen atoms in total. The van der Waals surface area contributed by atoms with E-state index in [2.05, 4.69) is 24.0 Å². The van der Waals surface area contributed by atoms with Crippen molar-refractivity contribution in [1.29, 1.82) is 0 Å². The molecule has 0 saturated carbocycles. The van der Waals surface area contributed by atoms with Gasteiger partial charge in [-0.1, -0.05) is 254 Å². The van der Waals surface area contributed by atoms with Gasteiger partial charge < -0.3 is 0 Å². The molecule has 1 aromatic rings. The van der Waals surface area contributed by atoms with Gasteiger partial charge in [-0.15, -0.1) is 23.5 Å². The second kappa shape index (κ2) is 33.1. The van der Waals surface area contributed by atoms with Crippen LogP contribution in [0.2, 0.25) is 0 Å². The summed E-state index contributed by atoms with van der Waals surface area (Å²) in [7, 11) is 0. The summed E-state index contributed by atoms with van der Waals surface area (Å²) in [5.74, 6) is 2.35. The average molecular weight is 858 g/mol. The van der Waals surface area contributed by atoms with Crippen molar-refractivity contribution in [3.05, 3.63) is 37.7 Å². The van der Waals surface area contributed by atoms with Crippen LogP contribution in [0.3, 0.4) is 0 Å². The van der Waals surface area contributed by atoms with Gasteiger partial charge in [-0.2, -0.15) is 0 Å². The molecule has 3 heterocycles. The molecule has 0 saturated heterocycles. The lowest BCUT2D eigenvalue weighted by Crippen LogP contribution is -2.20. The number of aromatic amines is 2. The number of H-pyrrole nitrogens is 2. The lowest BCUT2D eigenvalue weighted by Gasteiger charge is -2.06. The average Bonchev–Trinajstić information content (AvgIpc) is 3.81. The van der Waals surface area contributed by atoms with E-state index in [9.17, 15) is 9.59 Å². The van der Waals surface area contributed by atoms with Crippen molar-refractivity contribution in [3.8, 4) is 0 Å². The minimum absolute atomic E-state index is 0.199. The number of aromatic nitrogens is 2. The van der Waals surface area contributed by atoms with Gasteiger partial charge in [0.05, 0.1) is 26.7 Å². The van der Waals surface area contributed by atoms with E-state index in [1.807, 2.05) is 47.0 Å². The third-order valence-electron chi connectivity index (χ3n) is 10.5. The largest absolute Gasteiger partial charge is 0.277 e. The zero-order valence-electron chi connectivity index (χ0n) is 34.3. The van der Waals surface area contributed by atoms with E-state index in [1.54, 1.807) is 0 Å². The molecule has 0 aliphatic carbocycles. The van der Waals surface area contributed by atoms with Crippen LogP contribution < -0.4 is 11.1 Å². The Morgan fingerprint density at radius 1 is 0.352 bits per heavy atom. The second-order valence-corrected chi connectivity index (χ2v) is 22.8. The number of fused-ring (bicyclic) bond motifs is 1. The van der Waals surface area contributed by atoms with Crippen LogP contribution in [0.15, 0.2) is 36.3 Å². The standard InChI is InChI=1S/C44H76N2O2S6/c1-3-5-7-9-11-13-15-17-19-21-23-25-27-29-31-33-35-49-41-42(54-44(53-41)43-51-37-38(52-43)40(48)46-45-39(37)47)50-36-34-32-30-28-26-24-22-20-18-16-14-12-10-8-6-4-2/h3-36H2,1-2H3,(H,45,47)(H,46,48). The van der Waals surface area contributed by atoms with Gasteiger partial charge in [0, 0.05) is 0 Å². The summed E-state index contributed by atoms with van der Waals surface area (Å²) in [4.78, 5) is 25.9. The molecule has 0 bridgehead atoms. The summed E-state index contributed by atoms with van der Waals surface area (Å²) in [5, 5.41) is 4.99. The summed E-state index contributed by atoms with van der Waals surface area (Å²) in [5.41, 5.74) is -0.398. The summed E-state index contributed by atoms with van der Waals surface area (Å²) < 4.78 is 5.19. The predicted molar refractivity (Wildman–Crippen MR) is 253 cm³/mol. The molecular weight excluding hydrogens is 781 g/mol. The number of thioether (sulfide) groups is 6. The molecule has 0 radical (unpaired) electrons. The van der Waals surface area contributed by atoms with Gasteiger partial charge in [-0.05, 0) is 24.3 Å². The lowest BCUT2D eigenvalue weighted by atomic mass is 10.0. The molecule has 2 aliphatic rings. The van der Waals surface area contributed by atoms with Gasteiger partial charge >= 0.3 is 0 Å². The van der Waals surface area contributed by atoms with E-state index in [0.29, 0.717) is 9.79 Å². The Kier molecular flexibility index (Phi) is 29.8. The first-order valence-corrected chi connectivity index (χ1v) is 27.7. The van der Waals surface area contributed by atoms with Crippen molar-refractivity contribution in [2.45, 2.75) is 229 Å². The summed E-state index contributed by atoms with van der Waals surface area (Å²) in [6.45, 7) is 4.59. The van der Waals surface area contributed by atoms with Gasteiger partial charge in [0.25, 0.3) is 11.1 Å². The first-order valence-electron chi connectivity index (χ1n) is 22.4. The van der Waals surface area contributed by atoms with Crippen LogP contribution >= 0.6 is 70.6 Å². The van der Waals surface area contributed by atoms with Gasteiger partial charge in [-0.3, -0.25) is 19.8 Å². The van der Waals surface area contributed by atoms with Crippen LogP contribution in [0.25, 0.3) is 0 Å². The van der Waals surface area contributed by atoms with E-state index in [0.717, 1.165) is 4.24 Å². The molecule has 0 aromatic carbocycles. The molecule has 0 fully saturated rings. The number of hydrogen-bond donors (Lipinski definition) is 2. The molecule has 2 aliphatic heterocycles. The Morgan fingerprint density at radius 3 is 0.870 bits per heavy atom. The van der Waals surface area contributed by atoms with Gasteiger partial charge in [0.1, 0.15) is 0 Å². The quantitative estimate of drug-likeness (QED) is 0.0647. The maximum Gasteiger partial charge on any atom is 0.277 e. The van der Waals surface area contributed by atoms with Crippen molar-refractivity contribution >= 4 is 70.6 Å². The summed E-state index contributed by atoms with van der Waals surface area (Å²) in [6.07, 6.45) is 44.9. The van der Waals surface area contributed by atoms with Crippen LogP contribution in [0.4, 0.5) is 0 Å². The highest BCUT2D eigenvalue weighted by Crippen LogP contribution is 2.63. The van der Waals surface area contributed by atoms with Crippen molar-refractivity contribution in [2.75, 3.05) is 11.5 Å². The molecular formula is C44H76N2O2S6. The Morgan fingerprint density at radius 2 is 0.593 bits per heavy atom. The van der Waals surface area contributed by atoms with Crippen LogP contribution in [0.5, 0.6) is 0 Å². The first kappa shape index (κ1) is 48.6. The highest BCUT2D eigenvalue weighted by molar-refractivity contribution is 8.42. The fourth-order valence-corrected chi connectivity index (χ4v) is 15.8. The van der Waals surface area contributed by atoms with E-state index in [1.165, 1.54) is 253 Å². The second-order valence-electron chi connectivity index (χ2n) is 15.4. The first-order chi connectivity index (χ1) is 26.6. The van der Waals surface area contributed by atoms with Crippen molar-refractivity contribution in [2.24, 2.45) is 0 Å². The SMILES string of the molecule is CCCCCCCCCCCCCCCCCCSC1=C(SCCCCCCCCCCCCCCCCCC)SC(=C2Sc3c(c(=O)[nH][nH]c3=O)S2)S1. The zero-order chi connectivity index (χ0) is 38.3. The predicted octanol–water partition coefficient (Wildman–Crippen LogP) is 17.0. The fourth-order valence-electron chi connectivity index (χ4n) is 7.07. The summed E-state index contributed by atoms with van der Waals surface area (Å²) in [6, 6.07) is 0. The Labute approximate surface area is 356 Å². The third-order valence-corrected chi connectivity index (χ3v) is 19.3. The Bertz CT molecular complexity index is 1200. The van der Waals surface area contributed by atoms with Crippen LogP contribution in [-0.2, 0) is 0 Å².